The van der Waals surface area contributed by atoms with Gasteiger partial charge in [-0.1, -0.05) is 0 Å². The summed E-state index contributed by atoms with van der Waals surface area (Å²) < 4.78 is 5.43. The Balaban J connectivity index is 1.60. The highest BCUT2D eigenvalue weighted by Gasteiger charge is 2.20. The second-order valence-corrected chi connectivity index (χ2v) is 8.35. The smallest absolute Gasteiger partial charge is 0.276 e. The molecule has 0 bridgehead atoms. The van der Waals surface area contributed by atoms with Crippen molar-refractivity contribution in [2.24, 2.45) is 0 Å². The maximum absolute atomic E-state index is 13.3. The fraction of sp³-hybridized carbons (Fsp3) is 0.435. The number of aryl methyl sites for hydroxylation is 2. The van der Waals surface area contributed by atoms with Crippen LogP contribution in [0.5, 0.6) is 0 Å². The van der Waals surface area contributed by atoms with Crippen LogP contribution in [0.4, 0.5) is 17.3 Å². The van der Waals surface area contributed by atoms with Crippen LogP contribution in [0.25, 0.3) is 10.9 Å². The molecular weight excluding hydrogens is 406 g/mol. The van der Waals surface area contributed by atoms with E-state index in [1.54, 1.807) is 6.20 Å². The Morgan fingerprint density at radius 3 is 2.78 bits per heavy atom. The molecule has 3 aromatic rings. The van der Waals surface area contributed by atoms with Crippen LogP contribution in [-0.4, -0.2) is 79.2 Å². The first-order chi connectivity index (χ1) is 15.4. The molecule has 0 radical (unpaired) electrons. The van der Waals surface area contributed by atoms with E-state index >= 15 is 0 Å². The van der Waals surface area contributed by atoms with Gasteiger partial charge in [-0.3, -0.25) is 4.79 Å². The summed E-state index contributed by atoms with van der Waals surface area (Å²) in [5.74, 6) is 0.280. The SMILES string of the molecule is Cc1[nH]c2ccc(NC(=O)c3nc(N4CCOCC4)ncc3NCCN(C)C)cc2c1C. The Morgan fingerprint density at radius 2 is 2.03 bits per heavy atom. The van der Waals surface area contributed by atoms with Crippen molar-refractivity contribution >= 4 is 34.1 Å². The number of hydrogen-bond donors (Lipinski definition) is 3. The molecule has 2 aromatic heterocycles. The van der Waals surface area contributed by atoms with E-state index in [0.29, 0.717) is 50.2 Å². The maximum Gasteiger partial charge on any atom is 0.276 e. The number of aromatic nitrogens is 3. The molecule has 0 atom stereocenters. The molecule has 0 unspecified atom stereocenters. The molecular formula is C23H31N7O2. The lowest BCUT2D eigenvalue weighted by Crippen LogP contribution is -2.37. The number of carbonyl (C=O) groups is 1. The quantitative estimate of drug-likeness (QED) is 0.523. The number of H-pyrrole nitrogens is 1. The van der Waals surface area contributed by atoms with E-state index in [1.165, 1.54) is 5.56 Å². The first-order valence-corrected chi connectivity index (χ1v) is 10.9. The average Bonchev–Trinajstić information content (AvgIpc) is 3.07. The number of likely N-dealkylation sites (N-methyl/N-ethyl adjacent to an activating group) is 1. The van der Waals surface area contributed by atoms with Gasteiger partial charge >= 0.3 is 0 Å². The summed E-state index contributed by atoms with van der Waals surface area (Å²) in [7, 11) is 4.02. The zero-order valence-corrected chi connectivity index (χ0v) is 19.2. The number of ether oxygens (including phenoxy) is 1. The summed E-state index contributed by atoms with van der Waals surface area (Å²) in [4.78, 5) is 29.9. The van der Waals surface area contributed by atoms with Crippen molar-refractivity contribution in [3.63, 3.8) is 0 Å². The van der Waals surface area contributed by atoms with Gasteiger partial charge in [0.15, 0.2) is 5.69 Å². The van der Waals surface area contributed by atoms with E-state index < -0.39 is 0 Å². The van der Waals surface area contributed by atoms with Gasteiger partial charge in [0, 0.05) is 48.5 Å². The van der Waals surface area contributed by atoms with Crippen molar-refractivity contribution in [2.45, 2.75) is 13.8 Å². The van der Waals surface area contributed by atoms with Crippen LogP contribution in [0, 0.1) is 13.8 Å². The molecule has 0 spiro atoms. The van der Waals surface area contributed by atoms with E-state index in [2.05, 4.69) is 37.4 Å². The average molecular weight is 438 g/mol. The fourth-order valence-corrected chi connectivity index (χ4v) is 3.73. The van der Waals surface area contributed by atoms with Crippen molar-refractivity contribution < 1.29 is 9.53 Å². The van der Waals surface area contributed by atoms with Crippen LogP contribution in [-0.2, 0) is 4.74 Å². The van der Waals surface area contributed by atoms with Crippen LogP contribution in [0.15, 0.2) is 24.4 Å². The molecule has 9 heteroatoms. The van der Waals surface area contributed by atoms with Crippen molar-refractivity contribution in [2.75, 3.05) is 69.0 Å². The molecule has 1 amide bonds. The highest BCUT2D eigenvalue weighted by molar-refractivity contribution is 6.07. The normalized spacial score (nSPS) is 14.2. The number of carbonyl (C=O) groups excluding carboxylic acids is 1. The molecule has 1 saturated heterocycles. The lowest BCUT2D eigenvalue weighted by atomic mass is 10.1. The first kappa shape index (κ1) is 22.0. The van der Waals surface area contributed by atoms with Gasteiger partial charge < -0.3 is 30.2 Å². The summed E-state index contributed by atoms with van der Waals surface area (Å²) in [6.07, 6.45) is 1.70. The van der Waals surface area contributed by atoms with E-state index in [-0.39, 0.29) is 5.91 Å². The standard InChI is InChI=1S/C23H31N7O2/c1-15-16(2)26-19-6-5-17(13-18(15)19)27-22(31)21-20(24-7-8-29(3)4)14-25-23(28-21)30-9-11-32-12-10-30/h5-6,13-14,24,26H,7-12H2,1-4H3,(H,27,31). The Bertz CT molecular complexity index is 1100. The van der Waals surface area contributed by atoms with Gasteiger partial charge in [0.1, 0.15) is 0 Å². The summed E-state index contributed by atoms with van der Waals surface area (Å²) in [6.45, 7) is 8.30. The largest absolute Gasteiger partial charge is 0.381 e. The van der Waals surface area contributed by atoms with Crippen LogP contribution in [0.3, 0.4) is 0 Å². The molecule has 32 heavy (non-hydrogen) atoms. The Morgan fingerprint density at radius 1 is 1.25 bits per heavy atom. The second kappa shape index (κ2) is 9.54. The molecule has 9 nitrogen and oxygen atoms in total. The van der Waals surface area contributed by atoms with Gasteiger partial charge in [0.25, 0.3) is 5.91 Å². The zero-order chi connectivity index (χ0) is 22.7. The van der Waals surface area contributed by atoms with Crippen LogP contribution in [0.2, 0.25) is 0 Å². The predicted molar refractivity (Wildman–Crippen MR) is 128 cm³/mol. The molecule has 170 valence electrons. The molecule has 0 saturated carbocycles. The van der Waals surface area contributed by atoms with Gasteiger partial charge in [-0.15, -0.1) is 0 Å². The number of fused-ring (bicyclic) bond motifs is 1. The second-order valence-electron chi connectivity index (χ2n) is 8.35. The molecule has 3 heterocycles. The van der Waals surface area contributed by atoms with Gasteiger partial charge in [0.2, 0.25) is 5.95 Å². The van der Waals surface area contributed by atoms with E-state index in [4.69, 9.17) is 4.74 Å². The number of benzene rings is 1. The Kier molecular flexibility index (Phi) is 6.57. The Labute approximate surface area is 188 Å². The highest BCUT2D eigenvalue weighted by Crippen LogP contribution is 2.25. The number of rotatable bonds is 7. The fourth-order valence-electron chi connectivity index (χ4n) is 3.73. The van der Waals surface area contributed by atoms with E-state index in [9.17, 15) is 4.79 Å². The van der Waals surface area contributed by atoms with Crippen molar-refractivity contribution in [3.05, 3.63) is 41.3 Å². The number of anilines is 3. The topological polar surface area (TPSA) is 98.4 Å². The zero-order valence-electron chi connectivity index (χ0n) is 19.2. The lowest BCUT2D eigenvalue weighted by Gasteiger charge is -2.27. The van der Waals surface area contributed by atoms with Crippen molar-refractivity contribution in [1.29, 1.82) is 0 Å². The summed E-state index contributed by atoms with van der Waals surface area (Å²) in [5.41, 5.74) is 5.05. The van der Waals surface area contributed by atoms with Crippen LogP contribution >= 0.6 is 0 Å². The molecule has 1 aromatic carbocycles. The third kappa shape index (κ3) is 4.84. The van der Waals surface area contributed by atoms with Crippen LogP contribution < -0.4 is 15.5 Å². The van der Waals surface area contributed by atoms with Gasteiger partial charge in [-0.05, 0) is 51.7 Å². The number of nitrogens with zero attached hydrogens (tertiary/aromatic N) is 4. The van der Waals surface area contributed by atoms with Gasteiger partial charge in [0.05, 0.1) is 25.1 Å². The summed E-state index contributed by atoms with van der Waals surface area (Å²) in [6, 6.07) is 5.88. The molecule has 1 aliphatic heterocycles. The lowest BCUT2D eigenvalue weighted by molar-refractivity contribution is 0.102. The number of amides is 1. The minimum atomic E-state index is -0.265. The minimum absolute atomic E-state index is 0.265. The number of aromatic amines is 1. The Hall–Kier alpha value is -3.17. The number of hydrogen-bond acceptors (Lipinski definition) is 7. The van der Waals surface area contributed by atoms with Crippen molar-refractivity contribution in [3.8, 4) is 0 Å². The third-order valence-electron chi connectivity index (χ3n) is 5.73. The van der Waals surface area contributed by atoms with Gasteiger partial charge in [-0.25, -0.2) is 9.97 Å². The molecule has 0 aliphatic carbocycles. The molecule has 1 fully saturated rings. The summed E-state index contributed by atoms with van der Waals surface area (Å²) >= 11 is 0. The molecule has 3 N–H and O–H groups in total. The third-order valence-corrected chi connectivity index (χ3v) is 5.73. The van der Waals surface area contributed by atoms with E-state index in [0.717, 1.165) is 28.8 Å². The van der Waals surface area contributed by atoms with Crippen LogP contribution in [0.1, 0.15) is 21.7 Å². The number of nitrogens with one attached hydrogen (secondary N) is 3. The van der Waals surface area contributed by atoms with Gasteiger partial charge in [-0.2, -0.15) is 0 Å². The summed E-state index contributed by atoms with van der Waals surface area (Å²) in [5, 5.41) is 7.43. The maximum atomic E-state index is 13.3. The first-order valence-electron chi connectivity index (χ1n) is 10.9. The number of morpholine rings is 1. The molecule has 1 aliphatic rings. The molecule has 4 rings (SSSR count). The highest BCUT2D eigenvalue weighted by atomic mass is 16.5. The predicted octanol–water partition coefficient (Wildman–Crippen LogP) is 2.64. The van der Waals surface area contributed by atoms with Crippen molar-refractivity contribution in [1.82, 2.24) is 19.9 Å². The monoisotopic (exact) mass is 437 g/mol. The minimum Gasteiger partial charge on any atom is -0.381 e. The van der Waals surface area contributed by atoms with E-state index in [1.807, 2.05) is 44.1 Å².